The molecule has 2 aromatic rings. The summed E-state index contributed by atoms with van der Waals surface area (Å²) in [6, 6.07) is 8.82. The van der Waals surface area contributed by atoms with Crippen molar-refractivity contribution >= 4 is 21.9 Å². The normalized spacial score (nSPS) is 16.7. The van der Waals surface area contributed by atoms with Crippen LogP contribution in [0.2, 0.25) is 0 Å². The van der Waals surface area contributed by atoms with Crippen LogP contribution in [0.15, 0.2) is 41.3 Å². The van der Waals surface area contributed by atoms with Crippen molar-refractivity contribution in [3.05, 3.63) is 64.2 Å². The number of amides is 1. The van der Waals surface area contributed by atoms with Gasteiger partial charge < -0.3 is 10.4 Å². The van der Waals surface area contributed by atoms with Gasteiger partial charge in [0.25, 0.3) is 15.9 Å². The van der Waals surface area contributed by atoms with E-state index < -0.39 is 34.0 Å². The van der Waals surface area contributed by atoms with Gasteiger partial charge in [0, 0.05) is 6.54 Å². The van der Waals surface area contributed by atoms with E-state index in [1.807, 2.05) is 38.1 Å². The lowest BCUT2D eigenvalue weighted by molar-refractivity contribution is -0.147. The second kappa shape index (κ2) is 10.1. The van der Waals surface area contributed by atoms with Gasteiger partial charge in [0.15, 0.2) is 0 Å². The van der Waals surface area contributed by atoms with Crippen LogP contribution in [-0.2, 0) is 32.6 Å². The van der Waals surface area contributed by atoms with Gasteiger partial charge in [-0.1, -0.05) is 61.7 Å². The summed E-state index contributed by atoms with van der Waals surface area (Å²) >= 11 is 0. The highest BCUT2D eigenvalue weighted by Gasteiger charge is 2.43. The fourth-order valence-corrected chi connectivity index (χ4v) is 6.66. The van der Waals surface area contributed by atoms with Crippen molar-refractivity contribution in [2.45, 2.75) is 76.9 Å². The molecule has 1 aliphatic heterocycles. The maximum Gasteiger partial charge on any atom is 0.327 e. The first-order valence-corrected chi connectivity index (χ1v) is 12.7. The van der Waals surface area contributed by atoms with E-state index in [2.05, 4.69) is 5.32 Å². The van der Waals surface area contributed by atoms with Crippen LogP contribution >= 0.6 is 0 Å². The fourth-order valence-electron chi connectivity index (χ4n) is 4.63. The van der Waals surface area contributed by atoms with E-state index >= 15 is 0 Å². The zero-order valence-electron chi connectivity index (χ0n) is 19.6. The lowest BCUT2D eigenvalue weighted by atomic mass is 9.95. The van der Waals surface area contributed by atoms with E-state index in [0.717, 1.165) is 16.7 Å². The first-order chi connectivity index (χ1) is 15.6. The highest BCUT2D eigenvalue weighted by Crippen LogP contribution is 2.30. The summed E-state index contributed by atoms with van der Waals surface area (Å²) in [6.45, 7) is 7.52. The molecule has 33 heavy (non-hydrogen) atoms. The summed E-state index contributed by atoms with van der Waals surface area (Å²) in [6.07, 6.45) is 1.53. The minimum atomic E-state index is -4.42. The molecule has 2 aromatic carbocycles. The molecule has 2 N–H and O–H groups in total. The highest BCUT2D eigenvalue weighted by atomic mass is 32.2. The summed E-state index contributed by atoms with van der Waals surface area (Å²) in [4.78, 5) is 26.0. The van der Waals surface area contributed by atoms with Crippen LogP contribution in [0.3, 0.4) is 0 Å². The molecule has 3 rings (SSSR count). The van der Waals surface area contributed by atoms with Crippen LogP contribution in [0.4, 0.5) is 0 Å². The second-order valence-corrected chi connectivity index (χ2v) is 10.5. The predicted octanol–water partition coefficient (Wildman–Crippen LogP) is 3.49. The van der Waals surface area contributed by atoms with Gasteiger partial charge >= 0.3 is 5.97 Å². The van der Waals surface area contributed by atoms with E-state index in [1.165, 1.54) is 0 Å². The van der Waals surface area contributed by atoms with Crippen LogP contribution in [0.25, 0.3) is 0 Å². The number of nitrogens with one attached hydrogen (secondary N) is 1. The van der Waals surface area contributed by atoms with Gasteiger partial charge in [-0.2, -0.15) is 0 Å². The fraction of sp³-hybridized carbons (Fsp3) is 0.440. The molecule has 0 spiro atoms. The first-order valence-electron chi connectivity index (χ1n) is 11.3. The smallest absolute Gasteiger partial charge is 0.327 e. The van der Waals surface area contributed by atoms with Crippen molar-refractivity contribution in [2.24, 2.45) is 0 Å². The number of fused-ring (bicyclic) bond motifs is 1. The summed E-state index contributed by atoms with van der Waals surface area (Å²) in [7, 11) is -4.42. The molecule has 178 valence electrons. The SMILES string of the molecule is CCCC[C@@H](C(=O)O)N(C(=O)[C@@H]1Cc2ccccc2CN1)S(=O)(=O)c1c(C)cc(C)cc1C. The number of carbonyl (C=O) groups is 2. The van der Waals surface area contributed by atoms with Crippen LogP contribution in [0, 0.1) is 20.8 Å². The average molecular weight is 473 g/mol. The van der Waals surface area contributed by atoms with Crippen LogP contribution in [0.5, 0.6) is 0 Å². The molecule has 0 bridgehead atoms. The van der Waals surface area contributed by atoms with Crippen LogP contribution in [0.1, 0.15) is 54.0 Å². The van der Waals surface area contributed by atoms with Crippen molar-refractivity contribution in [1.82, 2.24) is 9.62 Å². The summed E-state index contributed by atoms with van der Waals surface area (Å²) < 4.78 is 28.5. The maximum atomic E-state index is 13.9. The Morgan fingerprint density at radius 3 is 2.30 bits per heavy atom. The lowest BCUT2D eigenvalue weighted by Gasteiger charge is -2.34. The molecule has 0 saturated carbocycles. The number of aliphatic carboxylic acids is 1. The molecule has 0 aliphatic carbocycles. The number of carboxylic acids is 1. The standard InChI is InChI=1S/C25H32N2O5S/c1-5-6-11-22(25(29)30)27(33(31,32)23-17(3)12-16(2)13-18(23)4)24(28)21-14-19-9-7-8-10-20(19)15-26-21/h7-10,12-13,21-22,26H,5-6,11,14-15H2,1-4H3,(H,29,30)/t21-,22-/m0/s1. The first kappa shape index (κ1) is 24.9. The van der Waals surface area contributed by atoms with Crippen molar-refractivity contribution in [3.63, 3.8) is 0 Å². The average Bonchev–Trinajstić information content (AvgIpc) is 2.74. The van der Waals surface area contributed by atoms with Gasteiger partial charge in [-0.3, -0.25) is 4.79 Å². The number of unbranched alkanes of at least 4 members (excludes halogenated alkanes) is 1. The molecule has 1 aliphatic rings. The molecule has 0 saturated heterocycles. The number of hydrogen-bond donors (Lipinski definition) is 2. The minimum Gasteiger partial charge on any atom is -0.480 e. The summed E-state index contributed by atoms with van der Waals surface area (Å²) in [5.41, 5.74) is 3.88. The number of hydrogen-bond acceptors (Lipinski definition) is 5. The predicted molar refractivity (Wildman–Crippen MR) is 126 cm³/mol. The summed E-state index contributed by atoms with van der Waals surface area (Å²) in [5, 5.41) is 13.1. The number of nitrogens with zero attached hydrogens (tertiary/aromatic N) is 1. The minimum absolute atomic E-state index is 0.000378. The number of rotatable bonds is 8. The Morgan fingerprint density at radius 1 is 1.12 bits per heavy atom. The topological polar surface area (TPSA) is 104 Å². The van der Waals surface area contributed by atoms with Crippen molar-refractivity contribution in [1.29, 1.82) is 0 Å². The van der Waals surface area contributed by atoms with Gasteiger partial charge in [-0.25, -0.2) is 17.5 Å². The van der Waals surface area contributed by atoms with Gasteiger partial charge in [-0.05, 0) is 55.9 Å². The third-order valence-corrected chi connectivity index (χ3v) is 8.23. The van der Waals surface area contributed by atoms with Crippen molar-refractivity contribution in [2.75, 3.05) is 0 Å². The second-order valence-electron chi connectivity index (χ2n) is 8.77. The molecule has 0 aromatic heterocycles. The van der Waals surface area contributed by atoms with E-state index in [4.69, 9.17) is 0 Å². The molecular formula is C25H32N2O5S. The number of benzene rings is 2. The molecule has 0 unspecified atom stereocenters. The Labute approximate surface area is 195 Å². The van der Waals surface area contributed by atoms with Crippen LogP contribution < -0.4 is 5.32 Å². The van der Waals surface area contributed by atoms with E-state index in [1.54, 1.807) is 26.0 Å². The molecular weight excluding hydrogens is 440 g/mol. The lowest BCUT2D eigenvalue weighted by Crippen LogP contribution is -2.56. The molecule has 1 amide bonds. The van der Waals surface area contributed by atoms with E-state index in [-0.39, 0.29) is 11.3 Å². The summed E-state index contributed by atoms with van der Waals surface area (Å²) in [5.74, 6) is -2.05. The Morgan fingerprint density at radius 2 is 1.73 bits per heavy atom. The number of aryl methyl sites for hydroxylation is 3. The van der Waals surface area contributed by atoms with Crippen molar-refractivity contribution < 1.29 is 23.1 Å². The third-order valence-electron chi connectivity index (χ3n) is 6.12. The van der Waals surface area contributed by atoms with Gasteiger partial charge in [0.05, 0.1) is 10.9 Å². The molecule has 1 heterocycles. The molecule has 2 atom stereocenters. The third kappa shape index (κ3) is 5.12. The maximum absolute atomic E-state index is 13.9. The largest absolute Gasteiger partial charge is 0.480 e. The monoisotopic (exact) mass is 472 g/mol. The van der Waals surface area contributed by atoms with E-state index in [0.29, 0.717) is 41.2 Å². The Hall–Kier alpha value is -2.71. The van der Waals surface area contributed by atoms with Crippen LogP contribution in [-0.4, -0.2) is 41.8 Å². The molecule has 0 fully saturated rings. The Balaban J connectivity index is 2.10. The van der Waals surface area contributed by atoms with Gasteiger partial charge in [-0.15, -0.1) is 0 Å². The molecule has 0 radical (unpaired) electrons. The zero-order chi connectivity index (χ0) is 24.3. The molecule has 8 heteroatoms. The van der Waals surface area contributed by atoms with Crippen molar-refractivity contribution in [3.8, 4) is 0 Å². The highest BCUT2D eigenvalue weighted by molar-refractivity contribution is 7.89. The number of carboxylic acid groups (broad SMARTS) is 1. The number of sulfonamides is 1. The van der Waals surface area contributed by atoms with Gasteiger partial charge in [0.1, 0.15) is 6.04 Å². The van der Waals surface area contributed by atoms with Gasteiger partial charge in [0.2, 0.25) is 0 Å². The zero-order valence-corrected chi connectivity index (χ0v) is 20.4. The molecule has 7 nitrogen and oxygen atoms in total. The quantitative estimate of drug-likeness (QED) is 0.610. The Bertz CT molecular complexity index is 1140. The van der Waals surface area contributed by atoms with E-state index in [9.17, 15) is 23.1 Å². The Kier molecular flexibility index (Phi) is 7.59. The number of carbonyl (C=O) groups excluding carboxylic acids is 1.